The minimum Gasteiger partial charge on any atom is -0.354 e. The van der Waals surface area contributed by atoms with Gasteiger partial charge in [0.25, 0.3) is 0 Å². The summed E-state index contributed by atoms with van der Waals surface area (Å²) in [7, 11) is 0. The van der Waals surface area contributed by atoms with Gasteiger partial charge in [-0.1, -0.05) is 6.92 Å². The first-order valence-corrected chi connectivity index (χ1v) is 6.63. The summed E-state index contributed by atoms with van der Waals surface area (Å²) in [6, 6.07) is 2.59. The van der Waals surface area contributed by atoms with Crippen LogP contribution in [-0.4, -0.2) is 22.6 Å². The highest BCUT2D eigenvalue weighted by molar-refractivity contribution is 9.10. The van der Waals surface area contributed by atoms with Gasteiger partial charge in [0, 0.05) is 18.7 Å². The van der Waals surface area contributed by atoms with Gasteiger partial charge in [-0.05, 0) is 48.5 Å². The number of hydrogen-bond acceptors (Lipinski definition) is 3. The van der Waals surface area contributed by atoms with Crippen LogP contribution in [0.4, 0.5) is 5.82 Å². The first-order chi connectivity index (χ1) is 7.56. The molecule has 0 bridgehead atoms. The van der Waals surface area contributed by atoms with Gasteiger partial charge in [-0.3, -0.25) is 0 Å². The molecule has 0 amide bonds. The van der Waals surface area contributed by atoms with Crippen LogP contribution in [-0.2, 0) is 0 Å². The Morgan fingerprint density at radius 3 is 2.75 bits per heavy atom. The summed E-state index contributed by atoms with van der Waals surface area (Å²) < 4.78 is 0.876. The first kappa shape index (κ1) is 11.8. The molecule has 2 unspecified atom stereocenters. The minimum atomic E-state index is 0.574. The molecule has 1 fully saturated rings. The van der Waals surface area contributed by atoms with Gasteiger partial charge in [-0.2, -0.15) is 0 Å². The van der Waals surface area contributed by atoms with Crippen molar-refractivity contribution in [1.82, 2.24) is 9.97 Å². The maximum atomic E-state index is 4.52. The Bertz CT molecular complexity index is 360. The molecular weight excluding hydrogens is 266 g/mol. The van der Waals surface area contributed by atoms with Crippen molar-refractivity contribution in [3.63, 3.8) is 0 Å². The Hall–Kier alpha value is -0.640. The molecule has 2 rings (SSSR count). The topological polar surface area (TPSA) is 29.0 Å². The van der Waals surface area contributed by atoms with Crippen molar-refractivity contribution in [2.24, 2.45) is 5.92 Å². The molecule has 0 spiro atoms. The fraction of sp³-hybridized carbons (Fsp3) is 0.667. The predicted molar refractivity (Wildman–Crippen MR) is 69.7 cm³/mol. The van der Waals surface area contributed by atoms with Gasteiger partial charge in [0.05, 0.1) is 0 Å². The highest BCUT2D eigenvalue weighted by atomic mass is 79.9. The van der Waals surface area contributed by atoms with Crippen LogP contribution in [0.25, 0.3) is 0 Å². The number of aryl methyl sites for hydroxylation is 1. The maximum absolute atomic E-state index is 4.52. The van der Waals surface area contributed by atoms with E-state index in [0.717, 1.165) is 28.7 Å². The molecule has 4 heteroatoms. The average Bonchev–Trinajstić information content (AvgIpc) is 2.15. The zero-order valence-corrected chi connectivity index (χ0v) is 11.7. The largest absolute Gasteiger partial charge is 0.354 e. The van der Waals surface area contributed by atoms with Gasteiger partial charge in [0.15, 0.2) is 0 Å². The molecule has 0 saturated carbocycles. The number of piperidine rings is 1. The van der Waals surface area contributed by atoms with Crippen molar-refractivity contribution in [2.75, 3.05) is 11.4 Å². The molecule has 0 N–H and O–H groups in total. The van der Waals surface area contributed by atoms with Crippen molar-refractivity contribution in [1.29, 1.82) is 0 Å². The number of halogens is 1. The Balaban J connectivity index is 2.23. The van der Waals surface area contributed by atoms with E-state index in [9.17, 15) is 0 Å². The minimum absolute atomic E-state index is 0.574. The second kappa shape index (κ2) is 4.70. The molecule has 1 aliphatic heterocycles. The van der Waals surface area contributed by atoms with Crippen LogP contribution < -0.4 is 4.90 Å². The van der Waals surface area contributed by atoms with E-state index in [4.69, 9.17) is 0 Å². The Morgan fingerprint density at radius 1 is 1.38 bits per heavy atom. The molecule has 0 aliphatic carbocycles. The molecule has 2 heterocycles. The maximum Gasteiger partial charge on any atom is 0.133 e. The molecule has 1 saturated heterocycles. The van der Waals surface area contributed by atoms with Gasteiger partial charge in [-0.15, -0.1) is 0 Å². The van der Waals surface area contributed by atoms with Gasteiger partial charge < -0.3 is 4.90 Å². The van der Waals surface area contributed by atoms with Crippen molar-refractivity contribution in [3.8, 4) is 0 Å². The molecular formula is C12H18BrN3. The summed E-state index contributed by atoms with van der Waals surface area (Å²) in [6.45, 7) is 7.65. The molecule has 1 aliphatic rings. The molecule has 0 radical (unpaired) electrons. The Labute approximate surface area is 105 Å². The van der Waals surface area contributed by atoms with Crippen LogP contribution in [0.2, 0.25) is 0 Å². The van der Waals surface area contributed by atoms with E-state index in [-0.39, 0.29) is 0 Å². The second-order valence-corrected chi connectivity index (χ2v) is 5.58. The van der Waals surface area contributed by atoms with E-state index in [1.54, 1.807) is 0 Å². The smallest absolute Gasteiger partial charge is 0.133 e. The molecule has 16 heavy (non-hydrogen) atoms. The van der Waals surface area contributed by atoms with Gasteiger partial charge in [0.1, 0.15) is 16.2 Å². The van der Waals surface area contributed by atoms with Crippen LogP contribution in [0, 0.1) is 12.8 Å². The predicted octanol–water partition coefficient (Wildman–Crippen LogP) is 3.17. The van der Waals surface area contributed by atoms with Gasteiger partial charge in [0.2, 0.25) is 0 Å². The summed E-state index contributed by atoms with van der Waals surface area (Å²) in [6.07, 6.45) is 2.51. The monoisotopic (exact) mass is 283 g/mol. The van der Waals surface area contributed by atoms with E-state index in [1.165, 1.54) is 12.8 Å². The van der Waals surface area contributed by atoms with Crippen molar-refractivity contribution in [3.05, 3.63) is 16.5 Å². The van der Waals surface area contributed by atoms with Gasteiger partial charge >= 0.3 is 0 Å². The standard InChI is InChI=1S/C12H18BrN3/c1-8-4-5-16(9(2)6-8)12-7-11(13)14-10(3)15-12/h7-9H,4-6H2,1-3H3. The number of hydrogen-bond donors (Lipinski definition) is 0. The van der Waals surface area contributed by atoms with Gasteiger partial charge in [-0.25, -0.2) is 9.97 Å². The number of aromatic nitrogens is 2. The molecule has 3 nitrogen and oxygen atoms in total. The lowest BCUT2D eigenvalue weighted by atomic mass is 9.93. The van der Waals surface area contributed by atoms with Crippen molar-refractivity contribution in [2.45, 2.75) is 39.7 Å². The average molecular weight is 284 g/mol. The zero-order chi connectivity index (χ0) is 11.7. The normalized spacial score (nSPS) is 25.9. The second-order valence-electron chi connectivity index (χ2n) is 4.77. The lowest BCUT2D eigenvalue weighted by molar-refractivity contribution is 0.375. The molecule has 0 aromatic carbocycles. The van der Waals surface area contributed by atoms with E-state index in [1.807, 2.05) is 13.0 Å². The molecule has 2 atom stereocenters. The van der Waals surface area contributed by atoms with E-state index in [0.29, 0.717) is 6.04 Å². The van der Waals surface area contributed by atoms with Crippen LogP contribution in [0.15, 0.2) is 10.7 Å². The van der Waals surface area contributed by atoms with Crippen LogP contribution >= 0.6 is 15.9 Å². The van der Waals surface area contributed by atoms with Crippen molar-refractivity contribution >= 4 is 21.7 Å². The third-order valence-electron chi connectivity index (χ3n) is 3.23. The quantitative estimate of drug-likeness (QED) is 0.742. The van der Waals surface area contributed by atoms with Crippen LogP contribution in [0.5, 0.6) is 0 Å². The summed E-state index contributed by atoms with van der Waals surface area (Å²) >= 11 is 3.43. The zero-order valence-electron chi connectivity index (χ0n) is 10.1. The third kappa shape index (κ3) is 2.54. The first-order valence-electron chi connectivity index (χ1n) is 5.84. The highest BCUT2D eigenvalue weighted by Crippen LogP contribution is 2.27. The molecule has 88 valence electrons. The van der Waals surface area contributed by atoms with Crippen LogP contribution in [0.1, 0.15) is 32.5 Å². The lowest BCUT2D eigenvalue weighted by Crippen LogP contribution is -2.40. The fourth-order valence-electron chi connectivity index (χ4n) is 2.41. The lowest BCUT2D eigenvalue weighted by Gasteiger charge is -2.37. The number of nitrogens with zero attached hydrogens (tertiary/aromatic N) is 3. The fourth-order valence-corrected chi connectivity index (χ4v) is 2.87. The van der Waals surface area contributed by atoms with Crippen LogP contribution in [0.3, 0.4) is 0 Å². The van der Waals surface area contributed by atoms with E-state index < -0.39 is 0 Å². The van der Waals surface area contributed by atoms with E-state index >= 15 is 0 Å². The highest BCUT2D eigenvalue weighted by Gasteiger charge is 2.24. The Morgan fingerprint density at radius 2 is 2.12 bits per heavy atom. The summed E-state index contributed by atoms with van der Waals surface area (Å²) in [5.41, 5.74) is 0. The molecule has 1 aromatic rings. The summed E-state index contributed by atoms with van der Waals surface area (Å²) in [5.74, 6) is 2.71. The Kier molecular flexibility index (Phi) is 3.47. The third-order valence-corrected chi connectivity index (χ3v) is 3.63. The van der Waals surface area contributed by atoms with Crippen molar-refractivity contribution < 1.29 is 0 Å². The SMILES string of the molecule is Cc1nc(Br)cc(N2CCC(C)CC2C)n1. The summed E-state index contributed by atoms with van der Waals surface area (Å²) in [5, 5.41) is 0. The number of rotatable bonds is 1. The number of anilines is 1. The molecule has 1 aromatic heterocycles. The summed E-state index contributed by atoms with van der Waals surface area (Å²) in [4.78, 5) is 11.2. The van der Waals surface area contributed by atoms with E-state index in [2.05, 4.69) is 44.6 Å².